The SMILES string of the molecule is O=C(CSc1ccc(S(=O)(=O)C(F)(F)C(F)(F)C(F)(F)F)cc1[N+](=O)[O-])Nc1ccccc1SC(F)(F)F. The summed E-state index contributed by atoms with van der Waals surface area (Å²) in [6.45, 7) is 0. The van der Waals surface area contributed by atoms with Gasteiger partial charge in [-0.1, -0.05) is 12.1 Å². The third-order valence-corrected chi connectivity index (χ3v) is 7.92. The van der Waals surface area contributed by atoms with Gasteiger partial charge in [-0.3, -0.25) is 14.9 Å². The first-order valence-electron chi connectivity index (χ1n) is 9.24. The zero-order valence-electron chi connectivity index (χ0n) is 17.7. The van der Waals surface area contributed by atoms with Gasteiger partial charge in [-0.25, -0.2) is 8.42 Å². The number of carbonyl (C=O) groups is 1. The van der Waals surface area contributed by atoms with Gasteiger partial charge in [0.25, 0.3) is 15.5 Å². The standard InChI is InChI=1S/C18H10F10N2O5S3/c19-15(20,16(21,22)23)17(24,25)38(34,35)9-5-6-13(11(7-9)30(32)33)36-8-14(31)29-10-3-1-2-4-12(10)37-18(26,27)28/h1-7H,8H2,(H,29,31). The van der Waals surface area contributed by atoms with Crippen LogP contribution in [-0.4, -0.2) is 47.9 Å². The molecule has 0 unspecified atom stereocenters. The van der Waals surface area contributed by atoms with Crippen molar-refractivity contribution >= 4 is 50.6 Å². The molecule has 1 N–H and O–H groups in total. The van der Waals surface area contributed by atoms with E-state index in [0.717, 1.165) is 12.1 Å². The highest BCUT2D eigenvalue weighted by atomic mass is 32.2. The molecule has 0 bridgehead atoms. The number of nitrogens with one attached hydrogen (secondary N) is 1. The van der Waals surface area contributed by atoms with Crippen molar-refractivity contribution in [1.82, 2.24) is 0 Å². The summed E-state index contributed by atoms with van der Waals surface area (Å²) in [5.74, 6) is -8.84. The van der Waals surface area contributed by atoms with E-state index in [2.05, 4.69) is 5.32 Å². The molecule has 7 nitrogen and oxygen atoms in total. The Hall–Kier alpha value is -2.74. The molecule has 20 heteroatoms. The summed E-state index contributed by atoms with van der Waals surface area (Å²) in [5, 5.41) is 6.65. The molecular formula is C18H10F10N2O5S3. The number of carbonyl (C=O) groups excluding carboxylic acids is 1. The number of benzene rings is 2. The van der Waals surface area contributed by atoms with Crippen LogP contribution in [0, 0.1) is 10.1 Å². The minimum atomic E-state index is -7.06. The smallest absolute Gasteiger partial charge is 0.324 e. The van der Waals surface area contributed by atoms with Crippen LogP contribution in [0.5, 0.6) is 0 Å². The molecule has 0 fully saturated rings. The average Bonchev–Trinajstić information content (AvgIpc) is 2.76. The van der Waals surface area contributed by atoms with Crippen molar-refractivity contribution in [3.8, 4) is 0 Å². The van der Waals surface area contributed by atoms with E-state index in [1.165, 1.54) is 12.1 Å². The lowest BCUT2D eigenvalue weighted by Crippen LogP contribution is -2.55. The zero-order valence-corrected chi connectivity index (χ0v) is 20.2. The molecule has 0 atom stereocenters. The third kappa shape index (κ3) is 6.63. The summed E-state index contributed by atoms with van der Waals surface area (Å²) in [6.07, 6.45) is -6.99. The number of anilines is 1. The number of hydrogen-bond acceptors (Lipinski definition) is 7. The van der Waals surface area contributed by atoms with E-state index in [4.69, 9.17) is 0 Å². The molecule has 0 aromatic heterocycles. The van der Waals surface area contributed by atoms with Gasteiger partial charge in [0, 0.05) is 11.0 Å². The predicted octanol–water partition coefficient (Wildman–Crippen LogP) is 6.50. The fourth-order valence-corrected chi connectivity index (χ4v) is 5.22. The highest BCUT2D eigenvalue weighted by Gasteiger charge is 2.78. The van der Waals surface area contributed by atoms with Gasteiger partial charge in [0.2, 0.25) is 5.91 Å². The highest BCUT2D eigenvalue weighted by molar-refractivity contribution is 8.00. The van der Waals surface area contributed by atoms with E-state index in [1.54, 1.807) is 0 Å². The number of rotatable bonds is 9. The van der Waals surface area contributed by atoms with Crippen molar-refractivity contribution < 1.29 is 62.0 Å². The molecule has 2 aromatic carbocycles. The minimum Gasteiger partial charge on any atom is -0.324 e. The Morgan fingerprint density at radius 3 is 2.03 bits per heavy atom. The van der Waals surface area contributed by atoms with Gasteiger partial charge >= 0.3 is 22.9 Å². The maximum atomic E-state index is 13.8. The second-order valence-corrected chi connectivity index (χ2v) is 11.0. The van der Waals surface area contributed by atoms with Crippen molar-refractivity contribution in [3.05, 3.63) is 52.6 Å². The summed E-state index contributed by atoms with van der Waals surface area (Å²) in [5.41, 5.74) is -6.34. The minimum absolute atomic E-state index is 0.0954. The molecule has 210 valence electrons. The first-order chi connectivity index (χ1) is 17.1. The number of para-hydroxylation sites is 1. The fourth-order valence-electron chi connectivity index (χ4n) is 2.52. The number of amides is 1. The van der Waals surface area contributed by atoms with Crippen LogP contribution in [0.15, 0.2) is 57.2 Å². The Morgan fingerprint density at radius 1 is 0.921 bits per heavy atom. The largest absolute Gasteiger partial charge is 0.461 e. The van der Waals surface area contributed by atoms with E-state index in [1.807, 2.05) is 0 Å². The lowest BCUT2D eigenvalue weighted by molar-refractivity contribution is -0.388. The molecule has 2 rings (SSSR count). The Labute approximate surface area is 214 Å². The van der Waals surface area contributed by atoms with Crippen LogP contribution in [0.1, 0.15) is 0 Å². The number of alkyl halides is 10. The van der Waals surface area contributed by atoms with Crippen molar-refractivity contribution in [3.63, 3.8) is 0 Å². The molecule has 1 amide bonds. The number of thioether (sulfide) groups is 2. The van der Waals surface area contributed by atoms with E-state index in [-0.39, 0.29) is 29.6 Å². The number of halogens is 10. The molecule has 0 spiro atoms. The molecule has 38 heavy (non-hydrogen) atoms. The van der Waals surface area contributed by atoms with E-state index in [9.17, 15) is 67.2 Å². The van der Waals surface area contributed by atoms with Crippen LogP contribution in [0.25, 0.3) is 0 Å². The molecule has 0 aliphatic rings. The molecule has 0 saturated heterocycles. The lowest BCUT2D eigenvalue weighted by Gasteiger charge is -2.27. The second-order valence-electron chi connectivity index (χ2n) is 6.86. The zero-order chi connectivity index (χ0) is 29.3. The number of sulfone groups is 1. The molecule has 2 aromatic rings. The van der Waals surface area contributed by atoms with Gasteiger partial charge in [-0.2, -0.15) is 43.9 Å². The van der Waals surface area contributed by atoms with Gasteiger partial charge in [0.15, 0.2) is 0 Å². The van der Waals surface area contributed by atoms with Gasteiger partial charge < -0.3 is 5.32 Å². The third-order valence-electron chi connectivity index (χ3n) is 4.24. The van der Waals surface area contributed by atoms with E-state index < -0.39 is 81.4 Å². The van der Waals surface area contributed by atoms with Crippen LogP contribution < -0.4 is 5.32 Å². The van der Waals surface area contributed by atoms with Gasteiger partial charge in [0.05, 0.1) is 26.2 Å². The quantitative estimate of drug-likeness (QED) is 0.148. The van der Waals surface area contributed by atoms with Gasteiger partial charge in [-0.15, -0.1) is 11.8 Å². The molecule has 0 saturated carbocycles. The van der Waals surface area contributed by atoms with Crippen LogP contribution in [0.3, 0.4) is 0 Å². The fraction of sp³-hybridized carbons (Fsp3) is 0.278. The van der Waals surface area contributed by atoms with Gasteiger partial charge in [-0.05, 0) is 36.0 Å². The first kappa shape index (κ1) is 31.5. The molecule has 0 radical (unpaired) electrons. The average molecular weight is 620 g/mol. The van der Waals surface area contributed by atoms with Crippen molar-refractivity contribution in [2.45, 2.75) is 37.5 Å². The Morgan fingerprint density at radius 2 is 1.50 bits per heavy atom. The van der Waals surface area contributed by atoms with E-state index >= 15 is 0 Å². The lowest BCUT2D eigenvalue weighted by atomic mass is 10.3. The van der Waals surface area contributed by atoms with Crippen LogP contribution in [-0.2, 0) is 14.6 Å². The topological polar surface area (TPSA) is 106 Å². The number of nitro groups is 1. The summed E-state index contributed by atoms with van der Waals surface area (Å²) in [4.78, 5) is 19.1. The van der Waals surface area contributed by atoms with Crippen LogP contribution in [0.4, 0.5) is 55.3 Å². The van der Waals surface area contributed by atoms with Crippen LogP contribution >= 0.6 is 23.5 Å². The van der Waals surface area contributed by atoms with Crippen molar-refractivity contribution in [2.75, 3.05) is 11.1 Å². The maximum Gasteiger partial charge on any atom is 0.461 e. The normalized spacial score (nSPS) is 13.3. The number of nitrogens with zero attached hydrogens (tertiary/aromatic N) is 1. The molecular weight excluding hydrogens is 610 g/mol. The molecule has 0 aliphatic heterocycles. The molecule has 0 aliphatic carbocycles. The summed E-state index contributed by atoms with van der Waals surface area (Å²) in [7, 11) is -6.83. The molecule has 0 heterocycles. The summed E-state index contributed by atoms with van der Waals surface area (Å²) >= 11 is -0.289. The number of hydrogen-bond donors (Lipinski definition) is 1. The van der Waals surface area contributed by atoms with Gasteiger partial charge in [0.1, 0.15) is 0 Å². The summed E-state index contributed by atoms with van der Waals surface area (Å²) < 4.78 is 153. The number of nitro benzene ring substituents is 1. The Balaban J connectivity index is 2.31. The van der Waals surface area contributed by atoms with Crippen molar-refractivity contribution in [2.24, 2.45) is 0 Å². The predicted molar refractivity (Wildman–Crippen MR) is 114 cm³/mol. The summed E-state index contributed by atoms with van der Waals surface area (Å²) in [6, 6.07) is 4.98. The first-order valence-corrected chi connectivity index (χ1v) is 12.5. The highest BCUT2D eigenvalue weighted by Crippen LogP contribution is 2.51. The Kier molecular flexibility index (Phi) is 8.94. The maximum absolute atomic E-state index is 13.8. The van der Waals surface area contributed by atoms with Crippen molar-refractivity contribution in [1.29, 1.82) is 0 Å². The monoisotopic (exact) mass is 620 g/mol. The van der Waals surface area contributed by atoms with Crippen LogP contribution in [0.2, 0.25) is 0 Å². The second kappa shape index (κ2) is 10.8. The van der Waals surface area contributed by atoms with E-state index in [0.29, 0.717) is 6.07 Å². The Bertz CT molecular complexity index is 1330.